The van der Waals surface area contributed by atoms with Gasteiger partial charge in [-0.1, -0.05) is 30.3 Å². The standard InChI is InChI=1S/C14H14F2N4O2.C11H9F3N2.HI/c1-21-14-11(12(8-2-3-8)18-7-19-14)13-17-5-4-10(20-13)22-6-9(15)16;1-16-7-9(11(12,13)14)15-10(16)8-5-3-2-4-6-8;/h4-5,7-9H,2-3,6H2,1H3;2-7H,1H3;1H. The minimum Gasteiger partial charge on any atom is -0.480 e. The predicted molar refractivity (Wildman–Crippen MR) is 142 cm³/mol. The van der Waals surface area contributed by atoms with Crippen molar-refractivity contribution in [1.82, 2.24) is 29.5 Å². The predicted octanol–water partition coefficient (Wildman–Crippen LogP) is 6.19. The van der Waals surface area contributed by atoms with Crippen molar-refractivity contribution in [3.05, 3.63) is 66.5 Å². The SMILES string of the molecule is COc1ncnc(C2CC2)c1-c1nccc(OCC(F)F)n1.Cn1cc(C(F)(F)F)nc1-c1ccccc1.I. The van der Waals surface area contributed by atoms with E-state index in [1.807, 2.05) is 0 Å². The minimum atomic E-state index is -4.40. The number of hydrogen-bond donors (Lipinski definition) is 0. The van der Waals surface area contributed by atoms with Crippen LogP contribution in [-0.4, -0.2) is 49.6 Å². The van der Waals surface area contributed by atoms with Gasteiger partial charge < -0.3 is 14.0 Å². The van der Waals surface area contributed by atoms with Crippen LogP contribution in [0.25, 0.3) is 22.8 Å². The first kappa shape index (κ1) is 30.1. The molecular weight excluding hydrogens is 638 g/mol. The summed E-state index contributed by atoms with van der Waals surface area (Å²) in [6.07, 6.45) is -1.01. The molecular formula is C25H24F5IN6O2. The number of methoxy groups -OCH3 is 1. The van der Waals surface area contributed by atoms with E-state index in [9.17, 15) is 22.0 Å². The van der Waals surface area contributed by atoms with Crippen LogP contribution in [0, 0.1) is 0 Å². The zero-order chi connectivity index (χ0) is 27.3. The minimum absolute atomic E-state index is 0. The summed E-state index contributed by atoms with van der Waals surface area (Å²) >= 11 is 0. The topological polar surface area (TPSA) is 87.8 Å². The van der Waals surface area contributed by atoms with Crippen LogP contribution in [0.1, 0.15) is 30.1 Å². The number of nitrogens with zero attached hydrogens (tertiary/aromatic N) is 6. The van der Waals surface area contributed by atoms with Crippen LogP contribution < -0.4 is 9.47 Å². The molecule has 0 spiro atoms. The molecule has 1 aromatic carbocycles. The normalized spacial score (nSPS) is 12.8. The maximum atomic E-state index is 12.4. The summed E-state index contributed by atoms with van der Waals surface area (Å²) in [5.74, 6) is 1.40. The third-order valence-corrected chi connectivity index (χ3v) is 5.41. The number of aryl methyl sites for hydroxylation is 1. The van der Waals surface area contributed by atoms with Gasteiger partial charge in [0.1, 0.15) is 17.7 Å². The number of halogens is 6. The van der Waals surface area contributed by atoms with Crippen molar-refractivity contribution in [1.29, 1.82) is 0 Å². The van der Waals surface area contributed by atoms with Crippen molar-refractivity contribution in [3.8, 4) is 34.5 Å². The molecule has 0 aliphatic heterocycles. The lowest BCUT2D eigenvalue weighted by Gasteiger charge is -2.11. The summed E-state index contributed by atoms with van der Waals surface area (Å²) < 4.78 is 73.3. The molecule has 4 aromatic rings. The molecule has 0 saturated heterocycles. The first-order valence-electron chi connectivity index (χ1n) is 11.5. The van der Waals surface area contributed by atoms with Crippen LogP contribution in [-0.2, 0) is 13.2 Å². The van der Waals surface area contributed by atoms with Gasteiger partial charge in [0.2, 0.25) is 11.8 Å². The third-order valence-electron chi connectivity index (χ3n) is 5.41. The molecule has 208 valence electrons. The number of hydrogen-bond acceptors (Lipinski definition) is 7. The molecule has 0 bridgehead atoms. The fraction of sp³-hybridized carbons (Fsp3) is 0.320. The zero-order valence-corrected chi connectivity index (χ0v) is 23.1. The molecule has 5 rings (SSSR count). The van der Waals surface area contributed by atoms with E-state index in [1.165, 1.54) is 30.3 Å². The Morgan fingerprint density at radius 1 is 1.03 bits per heavy atom. The van der Waals surface area contributed by atoms with Crippen molar-refractivity contribution in [2.75, 3.05) is 13.7 Å². The number of rotatable bonds is 7. The summed E-state index contributed by atoms with van der Waals surface area (Å²) in [5, 5.41) is 0. The number of alkyl halides is 5. The van der Waals surface area contributed by atoms with E-state index >= 15 is 0 Å². The molecule has 0 N–H and O–H groups in total. The molecule has 0 radical (unpaired) electrons. The van der Waals surface area contributed by atoms with E-state index in [-0.39, 0.29) is 29.9 Å². The van der Waals surface area contributed by atoms with Crippen LogP contribution in [0.3, 0.4) is 0 Å². The first-order valence-corrected chi connectivity index (χ1v) is 11.5. The Balaban J connectivity index is 0.000000220. The Kier molecular flexibility index (Phi) is 10.1. The molecule has 14 heteroatoms. The number of aromatic nitrogens is 6. The Hall–Kier alpha value is -3.43. The molecule has 0 atom stereocenters. The van der Waals surface area contributed by atoms with E-state index in [2.05, 4.69) is 24.9 Å². The lowest BCUT2D eigenvalue weighted by Crippen LogP contribution is -2.09. The van der Waals surface area contributed by atoms with Crippen LogP contribution in [0.15, 0.2) is 55.1 Å². The van der Waals surface area contributed by atoms with E-state index in [4.69, 9.17) is 9.47 Å². The summed E-state index contributed by atoms with van der Waals surface area (Å²) in [4.78, 5) is 20.3. The number of imidazole rings is 1. The molecule has 3 aromatic heterocycles. The second-order valence-electron chi connectivity index (χ2n) is 8.26. The molecule has 1 fully saturated rings. The highest BCUT2D eigenvalue weighted by Crippen LogP contribution is 2.44. The first-order chi connectivity index (χ1) is 18.2. The van der Waals surface area contributed by atoms with Gasteiger partial charge in [-0.25, -0.2) is 28.7 Å². The summed E-state index contributed by atoms with van der Waals surface area (Å²) in [5.41, 5.74) is 1.21. The monoisotopic (exact) mass is 662 g/mol. The Morgan fingerprint density at radius 2 is 1.74 bits per heavy atom. The fourth-order valence-corrected chi connectivity index (χ4v) is 3.56. The summed E-state index contributed by atoms with van der Waals surface area (Å²) in [6, 6.07) is 10.2. The lowest BCUT2D eigenvalue weighted by atomic mass is 10.1. The van der Waals surface area contributed by atoms with Gasteiger partial charge in [0.25, 0.3) is 6.43 Å². The van der Waals surface area contributed by atoms with Crippen molar-refractivity contribution in [3.63, 3.8) is 0 Å². The maximum absolute atomic E-state index is 12.4. The molecule has 0 amide bonds. The third kappa shape index (κ3) is 7.80. The Bertz CT molecular complexity index is 1370. The highest BCUT2D eigenvalue weighted by Gasteiger charge is 2.34. The highest BCUT2D eigenvalue weighted by atomic mass is 127. The van der Waals surface area contributed by atoms with Crippen molar-refractivity contribution >= 4 is 24.0 Å². The largest absolute Gasteiger partial charge is 0.480 e. The van der Waals surface area contributed by atoms with Gasteiger partial charge in [-0.3, -0.25) is 0 Å². The van der Waals surface area contributed by atoms with E-state index in [0.29, 0.717) is 34.6 Å². The summed E-state index contributed by atoms with van der Waals surface area (Å²) in [7, 11) is 3.05. The molecule has 3 heterocycles. The van der Waals surface area contributed by atoms with Crippen LogP contribution in [0.2, 0.25) is 0 Å². The van der Waals surface area contributed by atoms with Gasteiger partial charge in [0, 0.05) is 37.0 Å². The second-order valence-corrected chi connectivity index (χ2v) is 8.26. The van der Waals surface area contributed by atoms with E-state index in [0.717, 1.165) is 24.7 Å². The van der Waals surface area contributed by atoms with E-state index < -0.39 is 24.9 Å². The lowest BCUT2D eigenvalue weighted by molar-refractivity contribution is -0.140. The Labute approximate surface area is 237 Å². The molecule has 1 aliphatic carbocycles. The average Bonchev–Trinajstić information content (AvgIpc) is 3.68. The smallest absolute Gasteiger partial charge is 0.434 e. The van der Waals surface area contributed by atoms with Crippen LogP contribution in [0.5, 0.6) is 11.8 Å². The van der Waals surface area contributed by atoms with E-state index in [1.54, 1.807) is 37.4 Å². The van der Waals surface area contributed by atoms with Crippen molar-refractivity contribution in [2.24, 2.45) is 7.05 Å². The van der Waals surface area contributed by atoms with Crippen molar-refractivity contribution < 1.29 is 31.4 Å². The molecule has 1 saturated carbocycles. The zero-order valence-electron chi connectivity index (χ0n) is 20.8. The van der Waals surface area contributed by atoms with Gasteiger partial charge in [-0.2, -0.15) is 18.2 Å². The van der Waals surface area contributed by atoms with Gasteiger partial charge in [-0.05, 0) is 12.8 Å². The maximum Gasteiger partial charge on any atom is 0.434 e. The van der Waals surface area contributed by atoms with Gasteiger partial charge in [0.15, 0.2) is 18.1 Å². The second kappa shape index (κ2) is 13.1. The highest BCUT2D eigenvalue weighted by molar-refractivity contribution is 14.0. The molecule has 0 unspecified atom stereocenters. The molecule has 8 nitrogen and oxygen atoms in total. The number of ether oxygens (including phenoxy) is 2. The fourth-order valence-electron chi connectivity index (χ4n) is 3.56. The molecule has 1 aliphatic rings. The number of benzene rings is 1. The van der Waals surface area contributed by atoms with Crippen LogP contribution in [0.4, 0.5) is 22.0 Å². The van der Waals surface area contributed by atoms with Crippen molar-refractivity contribution in [2.45, 2.75) is 31.4 Å². The van der Waals surface area contributed by atoms with Crippen LogP contribution >= 0.6 is 24.0 Å². The van der Waals surface area contributed by atoms with Gasteiger partial charge in [-0.15, -0.1) is 24.0 Å². The molecule has 39 heavy (non-hydrogen) atoms. The quantitative estimate of drug-likeness (QED) is 0.172. The average molecular weight is 662 g/mol. The van der Waals surface area contributed by atoms with Gasteiger partial charge in [0.05, 0.1) is 12.8 Å². The summed E-state index contributed by atoms with van der Waals surface area (Å²) in [6.45, 7) is -0.714. The van der Waals surface area contributed by atoms with Gasteiger partial charge >= 0.3 is 6.18 Å². The Morgan fingerprint density at radius 3 is 2.33 bits per heavy atom.